The Labute approximate surface area is 201 Å². The number of rotatable bonds is 5. The number of benzene rings is 1. The second-order valence-electron chi connectivity index (χ2n) is 8.42. The zero-order chi connectivity index (χ0) is 23.7. The van der Waals surface area contributed by atoms with Crippen molar-refractivity contribution in [3.8, 4) is 10.6 Å². The number of nitrogens with one attached hydrogen (secondary N) is 1. The van der Waals surface area contributed by atoms with Crippen molar-refractivity contribution in [2.75, 3.05) is 18.0 Å². The molecular weight excluding hydrogens is 451 g/mol. The minimum absolute atomic E-state index is 0.0828. The number of aryl methyl sites for hydroxylation is 2. The van der Waals surface area contributed by atoms with Gasteiger partial charge in [-0.05, 0) is 74.0 Å². The minimum atomic E-state index is -0.306. The summed E-state index contributed by atoms with van der Waals surface area (Å²) in [7, 11) is 0. The first-order chi connectivity index (χ1) is 16.5. The van der Waals surface area contributed by atoms with E-state index >= 15 is 0 Å². The number of amides is 1. The molecular formula is C25H25FN6OS. The molecule has 34 heavy (non-hydrogen) atoms. The number of hydrogen-bond acceptors (Lipinski definition) is 7. The fourth-order valence-electron chi connectivity index (χ4n) is 4.41. The number of pyridine rings is 2. The number of nitrogens with zero attached hydrogens (tertiary/aromatic N) is 5. The van der Waals surface area contributed by atoms with Crippen molar-refractivity contribution in [2.24, 2.45) is 0 Å². The number of fused-ring (bicyclic) bond motifs is 1. The Balaban J connectivity index is 1.56. The van der Waals surface area contributed by atoms with Gasteiger partial charge in [-0.25, -0.2) is 9.37 Å². The summed E-state index contributed by atoms with van der Waals surface area (Å²) in [6, 6.07) is 8.24. The topological polar surface area (TPSA) is 83.9 Å². The molecule has 1 aliphatic rings. The molecule has 4 heterocycles. The van der Waals surface area contributed by atoms with Gasteiger partial charge in [0, 0.05) is 29.9 Å². The Kier molecular flexibility index (Phi) is 6.30. The van der Waals surface area contributed by atoms with Crippen LogP contribution in [0, 0.1) is 12.7 Å². The van der Waals surface area contributed by atoms with Crippen molar-refractivity contribution in [3.05, 3.63) is 64.8 Å². The number of aromatic nitrogens is 4. The van der Waals surface area contributed by atoms with Crippen LogP contribution in [0.15, 0.2) is 42.7 Å². The van der Waals surface area contributed by atoms with Gasteiger partial charge in [-0.15, -0.1) is 10.2 Å². The van der Waals surface area contributed by atoms with E-state index in [-0.39, 0.29) is 17.8 Å². The molecule has 9 heteroatoms. The van der Waals surface area contributed by atoms with E-state index in [1.165, 1.54) is 23.5 Å². The Morgan fingerprint density at radius 3 is 2.82 bits per heavy atom. The summed E-state index contributed by atoms with van der Waals surface area (Å²) in [6.45, 7) is 5.46. The lowest BCUT2D eigenvalue weighted by Gasteiger charge is -2.34. The molecule has 1 amide bonds. The van der Waals surface area contributed by atoms with Crippen molar-refractivity contribution in [2.45, 2.75) is 39.2 Å². The summed E-state index contributed by atoms with van der Waals surface area (Å²) in [5.74, 6) is 0.00583. The van der Waals surface area contributed by atoms with Crippen LogP contribution in [-0.4, -0.2) is 45.2 Å². The third kappa shape index (κ3) is 4.28. The zero-order valence-corrected chi connectivity index (χ0v) is 19.9. The second kappa shape index (κ2) is 9.52. The van der Waals surface area contributed by atoms with E-state index in [9.17, 15) is 9.18 Å². The smallest absolute Gasteiger partial charge is 0.278 e. The minimum Gasteiger partial charge on any atom is -0.315 e. The second-order valence-corrected chi connectivity index (χ2v) is 9.48. The lowest BCUT2D eigenvalue weighted by atomic mass is 10.0. The van der Waals surface area contributed by atoms with Crippen molar-refractivity contribution in [3.63, 3.8) is 0 Å². The average Bonchev–Trinajstić information content (AvgIpc) is 3.34. The van der Waals surface area contributed by atoms with Crippen LogP contribution in [0.25, 0.3) is 21.3 Å². The van der Waals surface area contributed by atoms with Gasteiger partial charge in [0.05, 0.1) is 6.04 Å². The number of carbonyl (C=O) groups is 1. The van der Waals surface area contributed by atoms with Gasteiger partial charge in [0.15, 0.2) is 0 Å². The quantitative estimate of drug-likeness (QED) is 0.455. The Hall–Kier alpha value is -3.30. The standard InChI is InChI=1S/C25H25FN6OS/c1-3-21-30-31-24(34-21)17-6-7-20(29-13-17)25(33)32(19-5-4-9-27-14-19)23-22-15(2)11-18(26)12-16(22)8-10-28-23/h6-8,10-13,19,27H,3-5,9,14H2,1-2H3/t19-/m1/s1. The highest BCUT2D eigenvalue weighted by Crippen LogP contribution is 2.32. The molecule has 1 fully saturated rings. The monoisotopic (exact) mass is 476 g/mol. The predicted molar refractivity (Wildman–Crippen MR) is 132 cm³/mol. The van der Waals surface area contributed by atoms with Gasteiger partial charge in [-0.1, -0.05) is 18.3 Å². The molecule has 3 aromatic heterocycles. The maximum atomic E-state index is 14.1. The average molecular weight is 477 g/mol. The molecule has 0 aliphatic carbocycles. The molecule has 5 rings (SSSR count). The molecule has 0 saturated carbocycles. The highest BCUT2D eigenvalue weighted by molar-refractivity contribution is 7.14. The molecule has 7 nitrogen and oxygen atoms in total. The lowest BCUT2D eigenvalue weighted by molar-refractivity contribution is 0.0967. The van der Waals surface area contributed by atoms with Gasteiger partial charge < -0.3 is 5.32 Å². The fourth-order valence-corrected chi connectivity index (χ4v) is 5.18. The molecule has 0 unspecified atom stereocenters. The van der Waals surface area contributed by atoms with Crippen LogP contribution in [0.5, 0.6) is 0 Å². The van der Waals surface area contributed by atoms with Crippen LogP contribution in [0.1, 0.15) is 40.8 Å². The van der Waals surface area contributed by atoms with E-state index in [1.807, 2.05) is 19.9 Å². The number of anilines is 1. The lowest BCUT2D eigenvalue weighted by Crippen LogP contribution is -2.49. The molecule has 1 saturated heterocycles. The van der Waals surface area contributed by atoms with Crippen LogP contribution in [0.3, 0.4) is 0 Å². The Morgan fingerprint density at radius 2 is 2.12 bits per heavy atom. The molecule has 174 valence electrons. The van der Waals surface area contributed by atoms with Gasteiger partial charge in [0.25, 0.3) is 5.91 Å². The largest absolute Gasteiger partial charge is 0.315 e. The van der Waals surface area contributed by atoms with Crippen molar-refractivity contribution < 1.29 is 9.18 Å². The van der Waals surface area contributed by atoms with E-state index < -0.39 is 0 Å². The predicted octanol–water partition coefficient (Wildman–Crippen LogP) is 4.56. The van der Waals surface area contributed by atoms with Gasteiger partial charge in [-0.3, -0.25) is 14.7 Å². The van der Waals surface area contributed by atoms with Gasteiger partial charge >= 0.3 is 0 Å². The summed E-state index contributed by atoms with van der Waals surface area (Å²) in [6.07, 6.45) is 5.93. The Bertz CT molecular complexity index is 1330. The zero-order valence-electron chi connectivity index (χ0n) is 19.1. The molecule has 4 aromatic rings. The number of carbonyl (C=O) groups excluding carboxylic acids is 1. The van der Waals surface area contributed by atoms with E-state index in [2.05, 4.69) is 25.5 Å². The molecule has 1 atom stereocenters. The normalized spacial score (nSPS) is 16.0. The van der Waals surface area contributed by atoms with Crippen LogP contribution in [-0.2, 0) is 6.42 Å². The van der Waals surface area contributed by atoms with Crippen molar-refractivity contribution in [1.82, 2.24) is 25.5 Å². The molecule has 1 N–H and O–H groups in total. The van der Waals surface area contributed by atoms with Gasteiger partial charge in [0.2, 0.25) is 0 Å². The molecule has 0 bridgehead atoms. The van der Waals surface area contributed by atoms with Gasteiger partial charge in [-0.2, -0.15) is 0 Å². The third-order valence-electron chi connectivity index (χ3n) is 6.09. The first kappa shape index (κ1) is 22.5. The van der Waals surface area contributed by atoms with Crippen molar-refractivity contribution >= 4 is 33.8 Å². The molecule has 0 spiro atoms. The first-order valence-corrected chi connectivity index (χ1v) is 12.2. The Morgan fingerprint density at radius 1 is 1.24 bits per heavy atom. The van der Waals surface area contributed by atoms with Crippen LogP contribution in [0.2, 0.25) is 0 Å². The highest BCUT2D eigenvalue weighted by Gasteiger charge is 2.31. The summed E-state index contributed by atoms with van der Waals surface area (Å²) < 4.78 is 14.1. The van der Waals surface area contributed by atoms with E-state index in [1.54, 1.807) is 29.4 Å². The number of piperidine rings is 1. The SMILES string of the molecule is CCc1nnc(-c2ccc(C(=O)N(c3nccc4cc(F)cc(C)c34)[C@@H]3CCCNC3)nc2)s1. The third-order valence-corrected chi connectivity index (χ3v) is 7.20. The molecule has 1 aromatic carbocycles. The number of halogens is 1. The van der Waals surface area contributed by atoms with E-state index in [4.69, 9.17) is 0 Å². The maximum Gasteiger partial charge on any atom is 0.278 e. The van der Waals surface area contributed by atoms with Crippen molar-refractivity contribution in [1.29, 1.82) is 0 Å². The van der Waals surface area contributed by atoms with E-state index in [0.29, 0.717) is 18.1 Å². The summed E-state index contributed by atoms with van der Waals surface area (Å²) in [5, 5.41) is 15.0. The van der Waals surface area contributed by atoms with Crippen LogP contribution < -0.4 is 10.2 Å². The summed E-state index contributed by atoms with van der Waals surface area (Å²) in [5.41, 5.74) is 1.90. The van der Waals surface area contributed by atoms with Gasteiger partial charge in [0.1, 0.15) is 27.3 Å². The van der Waals surface area contributed by atoms with Crippen LogP contribution in [0.4, 0.5) is 10.2 Å². The van der Waals surface area contributed by atoms with E-state index in [0.717, 1.165) is 57.7 Å². The van der Waals surface area contributed by atoms with Crippen LogP contribution >= 0.6 is 11.3 Å². The number of hydrogen-bond donors (Lipinski definition) is 1. The fraction of sp³-hybridized carbons (Fsp3) is 0.320. The first-order valence-electron chi connectivity index (χ1n) is 11.4. The molecule has 0 radical (unpaired) electrons. The highest BCUT2D eigenvalue weighted by atomic mass is 32.1. The summed E-state index contributed by atoms with van der Waals surface area (Å²) in [4.78, 5) is 24.7. The summed E-state index contributed by atoms with van der Waals surface area (Å²) >= 11 is 1.52. The maximum absolute atomic E-state index is 14.1. The molecule has 1 aliphatic heterocycles.